The maximum absolute atomic E-state index is 12.2. The Hall–Kier alpha value is -1.17. The standard InChI is InChI=1S/C9H7F3O2S/c10-9(11,12)7-2-1-3-8(6-7)15(14)5-4-13/h1-4,6H,5H2. The third-order valence-corrected chi connectivity index (χ3v) is 2.86. The second kappa shape index (κ2) is 4.57. The van der Waals surface area contributed by atoms with E-state index >= 15 is 0 Å². The van der Waals surface area contributed by atoms with E-state index in [2.05, 4.69) is 0 Å². The first-order chi connectivity index (χ1) is 6.95. The van der Waals surface area contributed by atoms with Gasteiger partial charge in [-0.25, -0.2) is 0 Å². The number of carbonyl (C=O) groups is 1. The van der Waals surface area contributed by atoms with Crippen LogP contribution in [0.4, 0.5) is 13.2 Å². The summed E-state index contributed by atoms with van der Waals surface area (Å²) in [5, 5.41) is 0. The summed E-state index contributed by atoms with van der Waals surface area (Å²) in [6.45, 7) is 0. The zero-order valence-corrected chi connectivity index (χ0v) is 8.27. The highest BCUT2D eigenvalue weighted by Gasteiger charge is 2.30. The van der Waals surface area contributed by atoms with Crippen molar-refractivity contribution in [1.29, 1.82) is 0 Å². The van der Waals surface area contributed by atoms with Crippen molar-refractivity contribution in [1.82, 2.24) is 0 Å². The Morgan fingerprint density at radius 1 is 1.33 bits per heavy atom. The lowest BCUT2D eigenvalue weighted by Crippen LogP contribution is -2.06. The molecule has 0 bridgehead atoms. The summed E-state index contributed by atoms with van der Waals surface area (Å²) in [5.74, 6) is -0.290. The van der Waals surface area contributed by atoms with Gasteiger partial charge in [0.05, 0.1) is 22.1 Å². The summed E-state index contributed by atoms with van der Waals surface area (Å²) in [4.78, 5) is 10.1. The van der Waals surface area contributed by atoms with Crippen LogP contribution in [0.2, 0.25) is 0 Å². The highest BCUT2D eigenvalue weighted by molar-refractivity contribution is 7.85. The second-order valence-electron chi connectivity index (χ2n) is 2.70. The molecule has 15 heavy (non-hydrogen) atoms. The van der Waals surface area contributed by atoms with Crippen LogP contribution >= 0.6 is 0 Å². The van der Waals surface area contributed by atoms with Gasteiger partial charge in [0, 0.05) is 4.90 Å². The summed E-state index contributed by atoms with van der Waals surface area (Å²) >= 11 is 0. The minimum atomic E-state index is -4.46. The van der Waals surface area contributed by atoms with Crippen LogP contribution in [0.3, 0.4) is 0 Å². The number of hydrogen-bond acceptors (Lipinski definition) is 2. The largest absolute Gasteiger partial charge is 0.416 e. The van der Waals surface area contributed by atoms with E-state index in [1.165, 1.54) is 12.1 Å². The third-order valence-electron chi connectivity index (χ3n) is 1.64. The van der Waals surface area contributed by atoms with Gasteiger partial charge in [-0.15, -0.1) is 0 Å². The first kappa shape index (κ1) is 11.9. The molecule has 0 heterocycles. The van der Waals surface area contributed by atoms with Crippen LogP contribution in [-0.4, -0.2) is 16.2 Å². The smallest absolute Gasteiger partial charge is 0.302 e. The fourth-order valence-electron chi connectivity index (χ4n) is 0.972. The molecule has 1 unspecified atom stereocenters. The van der Waals surface area contributed by atoms with E-state index in [1.54, 1.807) is 0 Å². The van der Waals surface area contributed by atoms with Crippen LogP contribution in [0.5, 0.6) is 0 Å². The minimum Gasteiger partial charge on any atom is -0.302 e. The Morgan fingerprint density at radius 3 is 2.53 bits per heavy atom. The lowest BCUT2D eigenvalue weighted by atomic mass is 10.2. The number of alkyl halides is 3. The molecule has 6 heteroatoms. The van der Waals surface area contributed by atoms with E-state index in [9.17, 15) is 22.2 Å². The molecule has 0 N–H and O–H groups in total. The molecule has 0 aliphatic rings. The van der Waals surface area contributed by atoms with E-state index in [0.717, 1.165) is 12.1 Å². The van der Waals surface area contributed by atoms with Crippen LogP contribution in [0, 0.1) is 0 Å². The first-order valence-corrected chi connectivity index (χ1v) is 5.26. The summed E-state index contributed by atoms with van der Waals surface area (Å²) in [6.07, 6.45) is -4.04. The quantitative estimate of drug-likeness (QED) is 0.752. The van der Waals surface area contributed by atoms with Crippen molar-refractivity contribution < 1.29 is 22.2 Å². The van der Waals surface area contributed by atoms with Gasteiger partial charge in [0.2, 0.25) is 0 Å². The van der Waals surface area contributed by atoms with Crippen LogP contribution in [-0.2, 0) is 21.8 Å². The van der Waals surface area contributed by atoms with Gasteiger partial charge in [-0.3, -0.25) is 4.21 Å². The zero-order valence-electron chi connectivity index (χ0n) is 7.45. The van der Waals surface area contributed by atoms with Crippen LogP contribution < -0.4 is 0 Å². The molecule has 2 nitrogen and oxygen atoms in total. The van der Waals surface area contributed by atoms with Gasteiger partial charge in [0.25, 0.3) is 0 Å². The van der Waals surface area contributed by atoms with Gasteiger partial charge in [0.1, 0.15) is 6.29 Å². The Kier molecular flexibility index (Phi) is 3.62. The van der Waals surface area contributed by atoms with Gasteiger partial charge in [0.15, 0.2) is 0 Å². The van der Waals surface area contributed by atoms with Gasteiger partial charge in [-0.2, -0.15) is 13.2 Å². The molecule has 1 aromatic carbocycles. The van der Waals surface area contributed by atoms with Gasteiger partial charge in [-0.05, 0) is 18.2 Å². The topological polar surface area (TPSA) is 34.1 Å². The summed E-state index contributed by atoms with van der Waals surface area (Å²) in [6, 6.07) is 4.15. The van der Waals surface area contributed by atoms with Crippen molar-refractivity contribution in [3.63, 3.8) is 0 Å². The number of carbonyl (C=O) groups excluding carboxylic acids is 1. The number of aldehydes is 1. The number of hydrogen-bond donors (Lipinski definition) is 0. The number of rotatable bonds is 3. The van der Waals surface area contributed by atoms with Crippen LogP contribution in [0.15, 0.2) is 29.2 Å². The van der Waals surface area contributed by atoms with Crippen molar-refractivity contribution in [2.75, 3.05) is 5.75 Å². The molecule has 0 radical (unpaired) electrons. The molecule has 0 aromatic heterocycles. The minimum absolute atomic E-state index is 0.0110. The molecule has 0 amide bonds. The van der Waals surface area contributed by atoms with E-state index < -0.39 is 22.5 Å². The van der Waals surface area contributed by atoms with Crippen molar-refractivity contribution in [3.8, 4) is 0 Å². The number of halogens is 3. The summed E-state index contributed by atoms with van der Waals surface area (Å²) in [7, 11) is -1.70. The molecule has 0 saturated carbocycles. The zero-order chi connectivity index (χ0) is 11.5. The first-order valence-electron chi connectivity index (χ1n) is 3.94. The Morgan fingerprint density at radius 2 is 2.00 bits per heavy atom. The molecule has 1 aromatic rings. The van der Waals surface area contributed by atoms with Gasteiger partial charge >= 0.3 is 6.18 Å². The molecule has 0 aliphatic carbocycles. The fraction of sp³-hybridized carbons (Fsp3) is 0.222. The molecule has 1 rings (SSSR count). The molecule has 0 spiro atoms. The van der Waals surface area contributed by atoms with E-state index in [4.69, 9.17) is 0 Å². The fourth-order valence-corrected chi connectivity index (χ4v) is 1.78. The van der Waals surface area contributed by atoms with Gasteiger partial charge < -0.3 is 4.79 Å². The lowest BCUT2D eigenvalue weighted by Gasteiger charge is -2.07. The van der Waals surface area contributed by atoms with E-state index in [-0.39, 0.29) is 10.6 Å². The van der Waals surface area contributed by atoms with Crippen LogP contribution in [0.25, 0.3) is 0 Å². The molecule has 0 fully saturated rings. The summed E-state index contributed by atoms with van der Waals surface area (Å²) in [5.41, 5.74) is -0.862. The Labute approximate surface area is 86.6 Å². The molecular weight excluding hydrogens is 229 g/mol. The van der Waals surface area contributed by atoms with Gasteiger partial charge in [-0.1, -0.05) is 6.07 Å². The normalized spacial score (nSPS) is 13.5. The van der Waals surface area contributed by atoms with Crippen molar-refractivity contribution >= 4 is 17.1 Å². The monoisotopic (exact) mass is 236 g/mol. The molecular formula is C9H7F3O2S. The predicted molar refractivity (Wildman–Crippen MR) is 48.8 cm³/mol. The Bertz CT molecular complexity index is 387. The van der Waals surface area contributed by atoms with Crippen molar-refractivity contribution in [3.05, 3.63) is 29.8 Å². The molecule has 82 valence electrons. The Balaban J connectivity index is 3.03. The maximum Gasteiger partial charge on any atom is 0.416 e. The van der Waals surface area contributed by atoms with Crippen molar-refractivity contribution in [2.45, 2.75) is 11.1 Å². The summed E-state index contributed by atoms with van der Waals surface area (Å²) < 4.78 is 48.0. The van der Waals surface area contributed by atoms with E-state index in [1.807, 2.05) is 0 Å². The maximum atomic E-state index is 12.2. The molecule has 0 saturated heterocycles. The second-order valence-corrected chi connectivity index (χ2v) is 4.20. The highest BCUT2D eigenvalue weighted by atomic mass is 32.2. The number of benzene rings is 1. The molecule has 1 atom stereocenters. The SMILES string of the molecule is O=CCS(=O)c1cccc(C(F)(F)F)c1. The average Bonchev–Trinajstić information content (AvgIpc) is 2.17. The van der Waals surface area contributed by atoms with Crippen LogP contribution in [0.1, 0.15) is 5.56 Å². The van der Waals surface area contributed by atoms with E-state index in [0.29, 0.717) is 6.29 Å². The average molecular weight is 236 g/mol. The van der Waals surface area contributed by atoms with Crippen molar-refractivity contribution in [2.24, 2.45) is 0 Å². The molecule has 0 aliphatic heterocycles. The third kappa shape index (κ3) is 3.16. The predicted octanol–water partition coefficient (Wildman–Crippen LogP) is 2.01. The lowest BCUT2D eigenvalue weighted by molar-refractivity contribution is -0.137. The highest BCUT2D eigenvalue weighted by Crippen LogP contribution is 2.30.